The van der Waals surface area contributed by atoms with Crippen LogP contribution in [0.1, 0.15) is 27.7 Å². The summed E-state index contributed by atoms with van der Waals surface area (Å²) in [6.07, 6.45) is 0. The van der Waals surface area contributed by atoms with Crippen LogP contribution in [0, 0.1) is 0 Å². The second kappa shape index (κ2) is 3.57. The molecule has 0 rings (SSSR count). The van der Waals surface area contributed by atoms with Gasteiger partial charge in [-0.1, -0.05) is 0 Å². The summed E-state index contributed by atoms with van der Waals surface area (Å²) in [6.45, 7) is 5.89. The van der Waals surface area contributed by atoms with E-state index in [0.717, 1.165) is 0 Å². The van der Waals surface area contributed by atoms with Crippen molar-refractivity contribution in [2.24, 2.45) is 0 Å². The van der Waals surface area contributed by atoms with Crippen LogP contribution in [0.4, 0.5) is 0 Å². The van der Waals surface area contributed by atoms with Crippen molar-refractivity contribution in [3.8, 4) is 0 Å². The van der Waals surface area contributed by atoms with E-state index in [9.17, 15) is 9.59 Å². The van der Waals surface area contributed by atoms with Crippen LogP contribution in [0.25, 0.3) is 0 Å². The van der Waals surface area contributed by atoms with Gasteiger partial charge in [0.25, 0.3) is 0 Å². The van der Waals surface area contributed by atoms with Crippen LogP contribution in [0.5, 0.6) is 0 Å². The van der Waals surface area contributed by atoms with E-state index < -0.39 is 23.0 Å². The number of rotatable bonds is 4. The number of carboxylic acids is 2. The topological polar surface area (TPSA) is 77.8 Å². The van der Waals surface area contributed by atoms with Crippen molar-refractivity contribution in [2.45, 2.75) is 38.8 Å². The zero-order valence-corrected chi connectivity index (χ0v) is 9.16. The zero-order valence-electron chi connectivity index (χ0n) is 9.16. The lowest BCUT2D eigenvalue weighted by molar-refractivity contribution is -0.161. The molecular formula is C9H17NO4. The van der Waals surface area contributed by atoms with Crippen LogP contribution >= 0.6 is 0 Å². The molecule has 0 saturated carbocycles. The minimum absolute atomic E-state index is 1.05. The number of nitrogens with zero attached hydrogens (tertiary/aromatic N) is 1. The minimum atomic E-state index is -1.21. The number of likely N-dealkylation sites (N-methyl/N-ethyl adjacent to an activating group) is 1. The van der Waals surface area contributed by atoms with Crippen molar-refractivity contribution >= 4 is 11.9 Å². The monoisotopic (exact) mass is 203 g/mol. The number of hydrogen-bond donors (Lipinski definition) is 2. The van der Waals surface area contributed by atoms with Crippen molar-refractivity contribution < 1.29 is 19.8 Å². The third-order valence-corrected chi connectivity index (χ3v) is 2.72. The summed E-state index contributed by atoms with van der Waals surface area (Å²) < 4.78 is 0. The lowest BCUT2D eigenvalue weighted by Gasteiger charge is -2.40. The van der Waals surface area contributed by atoms with Gasteiger partial charge in [-0.2, -0.15) is 0 Å². The fourth-order valence-electron chi connectivity index (χ4n) is 0.986. The van der Waals surface area contributed by atoms with Crippen molar-refractivity contribution in [3.05, 3.63) is 0 Å². The molecule has 0 aromatic carbocycles. The molecule has 14 heavy (non-hydrogen) atoms. The summed E-state index contributed by atoms with van der Waals surface area (Å²) in [6, 6.07) is 0. The first-order valence-corrected chi connectivity index (χ1v) is 4.25. The maximum Gasteiger partial charge on any atom is 0.323 e. The molecule has 0 aliphatic heterocycles. The van der Waals surface area contributed by atoms with Gasteiger partial charge in [0.2, 0.25) is 0 Å². The van der Waals surface area contributed by atoms with Gasteiger partial charge in [0.1, 0.15) is 11.1 Å². The van der Waals surface area contributed by atoms with Crippen LogP contribution in [-0.2, 0) is 9.59 Å². The van der Waals surface area contributed by atoms with E-state index in [1.807, 2.05) is 0 Å². The summed E-state index contributed by atoms with van der Waals surface area (Å²) in [5.41, 5.74) is -2.41. The number of carbonyl (C=O) groups is 2. The Morgan fingerprint density at radius 2 is 1.14 bits per heavy atom. The molecule has 0 radical (unpaired) electrons. The normalized spacial score (nSPS) is 13.0. The largest absolute Gasteiger partial charge is 0.480 e. The molecule has 5 nitrogen and oxygen atoms in total. The number of carboxylic acid groups (broad SMARTS) is 2. The molecule has 82 valence electrons. The Labute approximate surface area is 83.3 Å². The first kappa shape index (κ1) is 12.9. The van der Waals surface area contributed by atoms with Crippen LogP contribution in [0.15, 0.2) is 0 Å². The molecule has 0 aromatic rings. The molecule has 0 spiro atoms. The quantitative estimate of drug-likeness (QED) is 0.701. The van der Waals surface area contributed by atoms with Crippen molar-refractivity contribution in [2.75, 3.05) is 7.05 Å². The summed E-state index contributed by atoms with van der Waals surface area (Å²) in [5.74, 6) is -2.09. The van der Waals surface area contributed by atoms with Gasteiger partial charge in [-0.3, -0.25) is 14.5 Å². The third-order valence-electron chi connectivity index (χ3n) is 2.72. The maximum absolute atomic E-state index is 10.9. The molecule has 5 heteroatoms. The average Bonchev–Trinajstić information content (AvgIpc) is 2.02. The van der Waals surface area contributed by atoms with Gasteiger partial charge < -0.3 is 10.2 Å². The first-order chi connectivity index (χ1) is 6.04. The van der Waals surface area contributed by atoms with Gasteiger partial charge in [0.05, 0.1) is 0 Å². The van der Waals surface area contributed by atoms with Crippen molar-refractivity contribution in [1.29, 1.82) is 0 Å². The molecule has 0 aliphatic rings. The predicted octanol–water partition coefficient (Wildman–Crippen LogP) is 0.645. The fraction of sp³-hybridized carbons (Fsp3) is 0.778. The van der Waals surface area contributed by atoms with Gasteiger partial charge in [-0.15, -0.1) is 0 Å². The summed E-state index contributed by atoms with van der Waals surface area (Å²) >= 11 is 0. The minimum Gasteiger partial charge on any atom is -0.480 e. The summed E-state index contributed by atoms with van der Waals surface area (Å²) in [7, 11) is 1.49. The molecule has 0 aliphatic carbocycles. The van der Waals surface area contributed by atoms with Crippen LogP contribution in [0.3, 0.4) is 0 Å². The van der Waals surface area contributed by atoms with E-state index in [-0.39, 0.29) is 0 Å². The molecule has 0 heterocycles. The van der Waals surface area contributed by atoms with Gasteiger partial charge >= 0.3 is 11.9 Å². The lowest BCUT2D eigenvalue weighted by atomic mass is 9.94. The highest BCUT2D eigenvalue weighted by molar-refractivity contribution is 5.82. The summed E-state index contributed by atoms with van der Waals surface area (Å²) in [5, 5.41) is 17.8. The fourth-order valence-corrected chi connectivity index (χ4v) is 0.986. The van der Waals surface area contributed by atoms with Crippen LogP contribution in [0.2, 0.25) is 0 Å². The predicted molar refractivity (Wildman–Crippen MR) is 51.2 cm³/mol. The second-order valence-electron chi connectivity index (χ2n) is 4.29. The third kappa shape index (κ3) is 2.04. The average molecular weight is 203 g/mol. The molecule has 0 bridgehead atoms. The van der Waals surface area contributed by atoms with E-state index in [1.54, 1.807) is 0 Å². The van der Waals surface area contributed by atoms with E-state index in [2.05, 4.69) is 0 Å². The van der Waals surface area contributed by atoms with Crippen molar-refractivity contribution in [3.63, 3.8) is 0 Å². The van der Waals surface area contributed by atoms with Gasteiger partial charge in [0.15, 0.2) is 0 Å². The second-order valence-corrected chi connectivity index (χ2v) is 4.29. The SMILES string of the molecule is CN(C(C)(C)C(=O)O)C(C)(C)C(=O)O. The zero-order chi connectivity index (χ0) is 11.7. The van der Waals surface area contributed by atoms with E-state index in [0.29, 0.717) is 0 Å². The number of aliphatic carboxylic acids is 2. The molecule has 0 unspecified atom stereocenters. The maximum atomic E-state index is 10.9. The highest BCUT2D eigenvalue weighted by Gasteiger charge is 2.44. The molecule has 0 aromatic heterocycles. The van der Waals surface area contributed by atoms with Gasteiger partial charge in [-0.05, 0) is 34.7 Å². The van der Waals surface area contributed by atoms with E-state index in [4.69, 9.17) is 10.2 Å². The highest BCUT2D eigenvalue weighted by atomic mass is 16.4. The van der Waals surface area contributed by atoms with Crippen LogP contribution in [-0.4, -0.2) is 45.2 Å². The smallest absolute Gasteiger partial charge is 0.323 e. The van der Waals surface area contributed by atoms with Crippen molar-refractivity contribution in [1.82, 2.24) is 4.90 Å². The van der Waals surface area contributed by atoms with Crippen LogP contribution < -0.4 is 0 Å². The Balaban J connectivity index is 5.04. The Morgan fingerprint density at radius 1 is 0.929 bits per heavy atom. The Morgan fingerprint density at radius 3 is 1.29 bits per heavy atom. The molecule has 0 atom stereocenters. The Bertz CT molecular complexity index is 232. The Hall–Kier alpha value is -1.10. The molecule has 0 amide bonds. The van der Waals surface area contributed by atoms with Gasteiger partial charge in [0, 0.05) is 0 Å². The molecule has 0 fully saturated rings. The lowest BCUT2D eigenvalue weighted by Crippen LogP contribution is -2.60. The van der Waals surface area contributed by atoms with E-state index in [1.165, 1.54) is 39.6 Å². The number of hydrogen-bond acceptors (Lipinski definition) is 3. The Kier molecular flexibility index (Phi) is 3.29. The summed E-state index contributed by atoms with van der Waals surface area (Å²) in [4.78, 5) is 23.1. The molecule has 0 saturated heterocycles. The molecule has 2 N–H and O–H groups in total. The standard InChI is InChI=1S/C9H17NO4/c1-8(2,6(11)12)10(5)9(3,4)7(13)14/h1-5H3,(H,11,12)(H,13,14). The molecular weight excluding hydrogens is 186 g/mol. The first-order valence-electron chi connectivity index (χ1n) is 4.25. The van der Waals surface area contributed by atoms with Gasteiger partial charge in [-0.25, -0.2) is 0 Å². The highest BCUT2D eigenvalue weighted by Crippen LogP contribution is 2.23. The van der Waals surface area contributed by atoms with E-state index >= 15 is 0 Å².